The third-order valence-corrected chi connectivity index (χ3v) is 6.97. The second kappa shape index (κ2) is 11.8. The summed E-state index contributed by atoms with van der Waals surface area (Å²) in [5.41, 5.74) is 13.5. The molecule has 0 aromatic heterocycles. The van der Waals surface area contributed by atoms with Gasteiger partial charge in [-0.05, 0) is 55.8 Å². The van der Waals surface area contributed by atoms with Crippen LogP contribution in [0.5, 0.6) is 0 Å². The molecule has 5 nitrogen and oxygen atoms in total. The van der Waals surface area contributed by atoms with E-state index in [9.17, 15) is 5.11 Å². The van der Waals surface area contributed by atoms with E-state index in [0.29, 0.717) is 36.6 Å². The van der Waals surface area contributed by atoms with E-state index in [0.717, 1.165) is 43.7 Å². The number of allylic oxidation sites excluding steroid dienone is 4. The first-order valence-corrected chi connectivity index (χ1v) is 11.3. The number of nitrogens with two attached hydrogens (primary N) is 2. The highest BCUT2D eigenvalue weighted by atomic mass is 16.3. The van der Waals surface area contributed by atoms with E-state index in [1.165, 1.54) is 0 Å². The molecule has 0 bridgehead atoms. The zero-order valence-corrected chi connectivity index (χ0v) is 19.7. The van der Waals surface area contributed by atoms with Gasteiger partial charge in [-0.3, -0.25) is 0 Å². The van der Waals surface area contributed by atoms with E-state index in [2.05, 4.69) is 70.5 Å². The number of aliphatic hydroxyl groups is 1. The van der Waals surface area contributed by atoms with Crippen LogP contribution < -0.4 is 16.8 Å². The van der Waals surface area contributed by atoms with Gasteiger partial charge in [0.2, 0.25) is 0 Å². The Morgan fingerprint density at radius 3 is 2.55 bits per heavy atom. The Kier molecular flexibility index (Phi) is 10.4. The molecule has 1 aliphatic carbocycles. The van der Waals surface area contributed by atoms with Crippen LogP contribution in [0.2, 0.25) is 0 Å². The van der Waals surface area contributed by atoms with Gasteiger partial charge in [0.1, 0.15) is 5.76 Å². The third-order valence-electron chi connectivity index (χ3n) is 6.97. The van der Waals surface area contributed by atoms with Gasteiger partial charge in [-0.25, -0.2) is 0 Å². The molecule has 0 aliphatic heterocycles. The van der Waals surface area contributed by atoms with Gasteiger partial charge >= 0.3 is 0 Å². The zero-order chi connectivity index (χ0) is 22.2. The molecule has 4 unspecified atom stereocenters. The van der Waals surface area contributed by atoms with Crippen molar-refractivity contribution in [2.45, 2.75) is 60.4 Å². The lowest BCUT2D eigenvalue weighted by Crippen LogP contribution is -2.39. The van der Waals surface area contributed by atoms with E-state index < -0.39 is 0 Å². The number of rotatable bonds is 13. The fourth-order valence-electron chi connectivity index (χ4n) is 3.84. The van der Waals surface area contributed by atoms with Gasteiger partial charge in [0.25, 0.3) is 0 Å². The standard InChI is InChI=1S/C24H46N4O/c1-8-28(15-11-22(26)20(6)27-14-13-25)16-12-24(7)18(4)9-10-21(23(24)29)19(5)17(2)3/h9-10,17-19,22,27,29H,6,8,11-16,25-26H2,1-5,7H3. The lowest BCUT2D eigenvalue weighted by molar-refractivity contribution is 0.138. The minimum Gasteiger partial charge on any atom is -0.511 e. The summed E-state index contributed by atoms with van der Waals surface area (Å²) in [6, 6.07) is -0.0745. The summed E-state index contributed by atoms with van der Waals surface area (Å²) in [4.78, 5) is 2.42. The first-order chi connectivity index (χ1) is 13.6. The van der Waals surface area contributed by atoms with Crippen molar-refractivity contribution < 1.29 is 5.11 Å². The molecule has 168 valence electrons. The predicted molar refractivity (Wildman–Crippen MR) is 126 cm³/mol. The molecule has 0 fully saturated rings. The lowest BCUT2D eigenvalue weighted by Gasteiger charge is -2.40. The molecule has 0 aromatic rings. The summed E-state index contributed by atoms with van der Waals surface area (Å²) in [5.74, 6) is 1.75. The Morgan fingerprint density at radius 2 is 2.00 bits per heavy atom. The molecule has 0 saturated heterocycles. The molecule has 29 heavy (non-hydrogen) atoms. The summed E-state index contributed by atoms with van der Waals surface area (Å²) < 4.78 is 0. The fraction of sp³-hybridized carbons (Fsp3) is 0.750. The van der Waals surface area contributed by atoms with Crippen LogP contribution in [0.1, 0.15) is 54.4 Å². The first kappa shape index (κ1) is 25.7. The highest BCUT2D eigenvalue weighted by molar-refractivity contribution is 5.34. The molecule has 0 amide bonds. The number of nitrogens with zero attached hydrogens (tertiary/aromatic N) is 1. The zero-order valence-electron chi connectivity index (χ0n) is 19.7. The van der Waals surface area contributed by atoms with Crippen LogP contribution in [0.4, 0.5) is 0 Å². The molecule has 5 heteroatoms. The molecule has 0 aromatic carbocycles. The first-order valence-electron chi connectivity index (χ1n) is 11.3. The van der Waals surface area contributed by atoms with Gasteiger partial charge in [0, 0.05) is 30.2 Å². The number of aliphatic hydroxyl groups excluding tert-OH is 1. The molecule has 6 N–H and O–H groups in total. The summed E-state index contributed by atoms with van der Waals surface area (Å²) in [6.07, 6.45) is 6.19. The van der Waals surface area contributed by atoms with Crippen molar-refractivity contribution in [1.82, 2.24) is 10.2 Å². The van der Waals surface area contributed by atoms with Crippen molar-refractivity contribution in [3.8, 4) is 0 Å². The van der Waals surface area contributed by atoms with Crippen LogP contribution in [0, 0.1) is 23.2 Å². The summed E-state index contributed by atoms with van der Waals surface area (Å²) >= 11 is 0. The third kappa shape index (κ3) is 6.87. The quantitative estimate of drug-likeness (QED) is 0.374. The van der Waals surface area contributed by atoms with Crippen molar-refractivity contribution in [2.75, 3.05) is 32.7 Å². The Morgan fingerprint density at radius 1 is 1.34 bits per heavy atom. The summed E-state index contributed by atoms with van der Waals surface area (Å²) in [7, 11) is 0. The molecular weight excluding hydrogens is 360 g/mol. The molecule has 0 spiro atoms. The Labute approximate surface area is 179 Å². The second-order valence-electron chi connectivity index (χ2n) is 9.22. The van der Waals surface area contributed by atoms with Gasteiger partial charge < -0.3 is 26.8 Å². The predicted octanol–water partition coefficient (Wildman–Crippen LogP) is 3.79. The molecule has 1 rings (SSSR count). The number of hydrogen-bond acceptors (Lipinski definition) is 5. The van der Waals surface area contributed by atoms with Gasteiger partial charge in [-0.15, -0.1) is 0 Å². The number of nitrogens with one attached hydrogen (secondary N) is 1. The van der Waals surface area contributed by atoms with Crippen molar-refractivity contribution in [1.29, 1.82) is 0 Å². The van der Waals surface area contributed by atoms with Crippen LogP contribution in [0.15, 0.2) is 35.8 Å². The average Bonchev–Trinajstić information content (AvgIpc) is 2.69. The Balaban J connectivity index is 2.74. The van der Waals surface area contributed by atoms with E-state index in [-0.39, 0.29) is 11.5 Å². The van der Waals surface area contributed by atoms with E-state index in [1.807, 2.05) is 0 Å². The molecule has 0 saturated carbocycles. The van der Waals surface area contributed by atoms with E-state index >= 15 is 0 Å². The van der Waals surface area contributed by atoms with Crippen molar-refractivity contribution >= 4 is 0 Å². The number of hydrogen-bond donors (Lipinski definition) is 4. The SMILES string of the molecule is C=C(NCCN)C(N)CCN(CC)CCC1(C)C(O)=C(C(C)C(C)C)C=CC1C. The Bertz CT molecular complexity index is 583. The highest BCUT2D eigenvalue weighted by Crippen LogP contribution is 2.45. The van der Waals surface area contributed by atoms with E-state index in [1.54, 1.807) is 0 Å². The van der Waals surface area contributed by atoms with Crippen LogP contribution in [0.25, 0.3) is 0 Å². The maximum Gasteiger partial charge on any atom is 0.102 e. The fourth-order valence-corrected chi connectivity index (χ4v) is 3.84. The van der Waals surface area contributed by atoms with Gasteiger partial charge in [0.15, 0.2) is 0 Å². The minimum atomic E-state index is -0.227. The maximum absolute atomic E-state index is 11.2. The van der Waals surface area contributed by atoms with Crippen LogP contribution in [-0.2, 0) is 0 Å². The maximum atomic E-state index is 11.2. The molecule has 0 radical (unpaired) electrons. The molecule has 0 heterocycles. The van der Waals surface area contributed by atoms with Gasteiger partial charge in [-0.1, -0.05) is 60.3 Å². The summed E-state index contributed by atoms with van der Waals surface area (Å²) in [6.45, 7) is 21.4. The van der Waals surface area contributed by atoms with Crippen LogP contribution in [0.3, 0.4) is 0 Å². The average molecular weight is 407 g/mol. The monoisotopic (exact) mass is 406 g/mol. The second-order valence-corrected chi connectivity index (χ2v) is 9.22. The lowest BCUT2D eigenvalue weighted by atomic mass is 9.67. The van der Waals surface area contributed by atoms with Crippen LogP contribution in [-0.4, -0.2) is 48.8 Å². The normalized spacial score (nSPS) is 24.3. The topological polar surface area (TPSA) is 87.5 Å². The summed E-state index contributed by atoms with van der Waals surface area (Å²) in [5, 5.41) is 14.4. The highest BCUT2D eigenvalue weighted by Gasteiger charge is 2.39. The molecular formula is C24H46N4O. The van der Waals surface area contributed by atoms with Gasteiger partial charge in [0.05, 0.1) is 0 Å². The largest absolute Gasteiger partial charge is 0.511 e. The molecule has 4 atom stereocenters. The smallest absolute Gasteiger partial charge is 0.102 e. The van der Waals surface area contributed by atoms with Crippen LogP contribution >= 0.6 is 0 Å². The van der Waals surface area contributed by atoms with Crippen molar-refractivity contribution in [2.24, 2.45) is 34.6 Å². The van der Waals surface area contributed by atoms with Crippen molar-refractivity contribution in [3.05, 3.63) is 35.8 Å². The minimum absolute atomic E-state index is 0.0745. The Hall–Kier alpha value is -1.30. The van der Waals surface area contributed by atoms with Gasteiger partial charge in [-0.2, -0.15) is 0 Å². The van der Waals surface area contributed by atoms with E-state index in [4.69, 9.17) is 11.5 Å². The van der Waals surface area contributed by atoms with Crippen molar-refractivity contribution in [3.63, 3.8) is 0 Å². The molecule has 1 aliphatic rings.